The molecule has 2 aliphatic rings. The maximum Gasteiger partial charge on any atom is 0.127 e. The monoisotopic (exact) mass is 297 g/mol. The van der Waals surface area contributed by atoms with E-state index in [0.717, 1.165) is 42.6 Å². The summed E-state index contributed by atoms with van der Waals surface area (Å²) in [6, 6.07) is 3.80. The van der Waals surface area contributed by atoms with Crippen LogP contribution >= 0.6 is 12.4 Å². The van der Waals surface area contributed by atoms with Gasteiger partial charge in [0.05, 0.1) is 6.04 Å². The quantitative estimate of drug-likeness (QED) is 0.773. The molecule has 1 spiro atoms. The van der Waals surface area contributed by atoms with E-state index in [4.69, 9.17) is 10.5 Å². The van der Waals surface area contributed by atoms with E-state index in [-0.39, 0.29) is 24.0 Å². The first-order chi connectivity index (χ1) is 9.03. The van der Waals surface area contributed by atoms with E-state index in [1.165, 1.54) is 12.0 Å². The number of ether oxygens (including phenoxy) is 1. The Kier molecular flexibility index (Phi) is 4.33. The van der Waals surface area contributed by atoms with Crippen LogP contribution in [0, 0.1) is 13.8 Å². The second-order valence-corrected chi connectivity index (χ2v) is 6.19. The van der Waals surface area contributed by atoms with E-state index in [2.05, 4.69) is 13.0 Å². The number of aryl methyl sites for hydroxylation is 2. The first kappa shape index (κ1) is 15.6. The summed E-state index contributed by atoms with van der Waals surface area (Å²) < 4.78 is 6.32. The second kappa shape index (κ2) is 5.55. The van der Waals surface area contributed by atoms with Crippen molar-refractivity contribution in [2.45, 2.75) is 63.7 Å². The lowest BCUT2D eigenvalue weighted by Gasteiger charge is -2.48. The molecule has 0 radical (unpaired) electrons. The minimum atomic E-state index is -0.609. The number of fused-ring (bicyclic) bond motifs is 1. The lowest BCUT2D eigenvalue weighted by atomic mass is 9.74. The first-order valence-electron chi connectivity index (χ1n) is 7.27. The van der Waals surface area contributed by atoms with E-state index in [9.17, 15) is 5.11 Å². The van der Waals surface area contributed by atoms with Crippen molar-refractivity contribution in [3.05, 3.63) is 28.8 Å². The lowest BCUT2D eigenvalue weighted by Crippen LogP contribution is -2.58. The third-order valence-corrected chi connectivity index (χ3v) is 4.75. The van der Waals surface area contributed by atoms with Crippen LogP contribution in [0.25, 0.3) is 0 Å². The van der Waals surface area contributed by atoms with Crippen molar-refractivity contribution in [3.8, 4) is 5.75 Å². The molecule has 1 heterocycles. The van der Waals surface area contributed by atoms with E-state index < -0.39 is 6.10 Å². The van der Waals surface area contributed by atoms with Crippen LogP contribution in [0.1, 0.15) is 54.9 Å². The van der Waals surface area contributed by atoms with Crippen molar-refractivity contribution in [3.63, 3.8) is 0 Å². The van der Waals surface area contributed by atoms with Gasteiger partial charge in [-0.15, -0.1) is 12.4 Å². The van der Waals surface area contributed by atoms with Gasteiger partial charge in [-0.25, -0.2) is 0 Å². The van der Waals surface area contributed by atoms with Gasteiger partial charge in [0, 0.05) is 5.56 Å². The summed E-state index contributed by atoms with van der Waals surface area (Å²) in [6.45, 7) is 4.08. The molecule has 3 N–H and O–H groups in total. The highest BCUT2D eigenvalue weighted by molar-refractivity contribution is 5.85. The highest BCUT2D eigenvalue weighted by Crippen LogP contribution is 2.46. The summed E-state index contributed by atoms with van der Waals surface area (Å²) >= 11 is 0. The van der Waals surface area contributed by atoms with Gasteiger partial charge >= 0.3 is 0 Å². The molecule has 4 heteroatoms. The number of aliphatic hydroxyl groups excluding tert-OH is 1. The van der Waals surface area contributed by atoms with Gasteiger partial charge < -0.3 is 15.6 Å². The topological polar surface area (TPSA) is 55.5 Å². The number of aliphatic hydroxyl groups is 1. The Labute approximate surface area is 126 Å². The fourth-order valence-corrected chi connectivity index (χ4v) is 3.74. The summed E-state index contributed by atoms with van der Waals surface area (Å²) in [6.07, 6.45) is 4.83. The molecule has 1 aromatic carbocycles. The molecule has 0 amide bonds. The Morgan fingerprint density at radius 2 is 1.85 bits per heavy atom. The number of hydrogen-bond donors (Lipinski definition) is 2. The highest BCUT2D eigenvalue weighted by atomic mass is 35.5. The molecular weight excluding hydrogens is 274 g/mol. The Morgan fingerprint density at radius 3 is 2.50 bits per heavy atom. The molecular formula is C16H24ClNO2. The molecule has 2 unspecified atom stereocenters. The van der Waals surface area contributed by atoms with Crippen molar-refractivity contribution in [2.24, 2.45) is 5.73 Å². The summed E-state index contributed by atoms with van der Waals surface area (Å²) in [4.78, 5) is 0. The largest absolute Gasteiger partial charge is 0.485 e. The van der Waals surface area contributed by atoms with Gasteiger partial charge in [-0.2, -0.15) is 0 Å². The normalized spacial score (nSPS) is 27.4. The van der Waals surface area contributed by atoms with Crippen LogP contribution in [-0.2, 0) is 0 Å². The first-order valence-corrected chi connectivity index (χ1v) is 7.27. The van der Waals surface area contributed by atoms with Crippen LogP contribution in [0.3, 0.4) is 0 Å². The molecule has 112 valence electrons. The number of rotatable bonds is 0. The molecule has 3 nitrogen and oxygen atoms in total. The average molecular weight is 298 g/mol. The summed E-state index contributed by atoms with van der Waals surface area (Å²) in [5.74, 6) is 0.841. The number of hydrogen-bond acceptors (Lipinski definition) is 3. The van der Waals surface area contributed by atoms with Crippen LogP contribution in [0.15, 0.2) is 12.1 Å². The average Bonchev–Trinajstić information content (AvgIpc) is 2.36. The molecule has 0 aromatic heterocycles. The third kappa shape index (κ3) is 2.32. The van der Waals surface area contributed by atoms with Gasteiger partial charge in [0.1, 0.15) is 17.5 Å². The van der Waals surface area contributed by atoms with Gasteiger partial charge in [0.2, 0.25) is 0 Å². The van der Waals surface area contributed by atoms with Crippen LogP contribution in [-0.4, -0.2) is 16.7 Å². The molecule has 3 rings (SSSR count). The van der Waals surface area contributed by atoms with Crippen molar-refractivity contribution in [2.75, 3.05) is 0 Å². The van der Waals surface area contributed by atoms with E-state index in [1.54, 1.807) is 0 Å². The zero-order valence-electron chi connectivity index (χ0n) is 12.2. The van der Waals surface area contributed by atoms with Gasteiger partial charge in [0.25, 0.3) is 0 Å². The van der Waals surface area contributed by atoms with Gasteiger partial charge in [-0.1, -0.05) is 12.5 Å². The number of benzene rings is 1. The fraction of sp³-hybridized carbons (Fsp3) is 0.625. The molecule has 2 atom stereocenters. The maximum atomic E-state index is 10.6. The van der Waals surface area contributed by atoms with Crippen LogP contribution < -0.4 is 10.5 Å². The van der Waals surface area contributed by atoms with E-state index >= 15 is 0 Å². The molecule has 1 aromatic rings. The Balaban J connectivity index is 0.00000147. The van der Waals surface area contributed by atoms with Crippen LogP contribution in [0.2, 0.25) is 0 Å². The molecule has 0 bridgehead atoms. The van der Waals surface area contributed by atoms with Crippen molar-refractivity contribution in [1.29, 1.82) is 0 Å². The number of halogens is 1. The van der Waals surface area contributed by atoms with Gasteiger partial charge in [-0.3, -0.25) is 0 Å². The van der Waals surface area contributed by atoms with Crippen molar-refractivity contribution in [1.82, 2.24) is 0 Å². The Bertz CT molecular complexity index is 497. The van der Waals surface area contributed by atoms with Crippen LogP contribution in [0.4, 0.5) is 0 Å². The smallest absolute Gasteiger partial charge is 0.127 e. The standard InChI is InChI=1S/C16H23NO2.ClH/c1-10-8-11(2)13-12(9-10)19-16(15(17)14(13)18)6-4-3-5-7-16;/h8-9,14-15,18H,3-7,17H2,1-2H3;1H. The molecule has 1 aliphatic heterocycles. The molecule has 1 saturated carbocycles. The lowest BCUT2D eigenvalue weighted by molar-refractivity contribution is -0.0584. The summed E-state index contributed by atoms with van der Waals surface area (Å²) in [5.41, 5.74) is 9.11. The van der Waals surface area contributed by atoms with E-state index in [0.29, 0.717) is 0 Å². The molecule has 1 aliphatic carbocycles. The molecule has 0 saturated heterocycles. The zero-order chi connectivity index (χ0) is 13.6. The maximum absolute atomic E-state index is 10.6. The van der Waals surface area contributed by atoms with Gasteiger partial charge in [-0.05, 0) is 56.7 Å². The number of nitrogens with two attached hydrogens (primary N) is 1. The molecule has 1 fully saturated rings. The predicted octanol–water partition coefficient (Wildman–Crippen LogP) is 3.18. The molecule has 20 heavy (non-hydrogen) atoms. The zero-order valence-corrected chi connectivity index (χ0v) is 13.0. The minimum Gasteiger partial charge on any atom is -0.485 e. The highest BCUT2D eigenvalue weighted by Gasteiger charge is 2.48. The Hall–Kier alpha value is -0.770. The van der Waals surface area contributed by atoms with Gasteiger partial charge in [0.15, 0.2) is 0 Å². The van der Waals surface area contributed by atoms with Crippen LogP contribution in [0.5, 0.6) is 5.75 Å². The fourth-order valence-electron chi connectivity index (χ4n) is 3.74. The van der Waals surface area contributed by atoms with Crippen molar-refractivity contribution < 1.29 is 9.84 Å². The predicted molar refractivity (Wildman–Crippen MR) is 82.5 cm³/mol. The van der Waals surface area contributed by atoms with E-state index in [1.807, 2.05) is 13.0 Å². The van der Waals surface area contributed by atoms with Crippen molar-refractivity contribution >= 4 is 12.4 Å². The Morgan fingerprint density at radius 1 is 1.20 bits per heavy atom. The second-order valence-electron chi connectivity index (χ2n) is 6.19. The SMILES string of the molecule is Cc1cc(C)c2c(c1)OC1(CCCCC1)C(N)C2O.Cl. The summed E-state index contributed by atoms with van der Waals surface area (Å²) in [7, 11) is 0. The third-order valence-electron chi connectivity index (χ3n) is 4.75. The minimum absolute atomic E-state index is 0. The summed E-state index contributed by atoms with van der Waals surface area (Å²) in [5, 5.41) is 10.6.